The summed E-state index contributed by atoms with van der Waals surface area (Å²) in [6.07, 6.45) is 2.26. The van der Waals surface area contributed by atoms with E-state index in [1.165, 1.54) is 35.3 Å². The van der Waals surface area contributed by atoms with Crippen molar-refractivity contribution in [1.82, 2.24) is 0 Å². The SMILES string of the molecule is COc1ccc2c(c1)CC[N+]1(C)CCc3cc(OC)ccc3C21. The predicted molar refractivity (Wildman–Crippen MR) is 91.2 cm³/mol. The van der Waals surface area contributed by atoms with E-state index in [1.54, 1.807) is 14.2 Å². The Hall–Kier alpha value is -2.00. The number of ether oxygens (including phenoxy) is 2. The van der Waals surface area contributed by atoms with Crippen molar-refractivity contribution in [2.45, 2.75) is 18.9 Å². The molecule has 0 aliphatic carbocycles. The van der Waals surface area contributed by atoms with Crippen LogP contribution in [0.15, 0.2) is 36.4 Å². The van der Waals surface area contributed by atoms with Gasteiger partial charge in [0.2, 0.25) is 0 Å². The lowest BCUT2D eigenvalue weighted by Gasteiger charge is -2.49. The Bertz CT molecular complexity index is 694. The summed E-state index contributed by atoms with van der Waals surface area (Å²) in [6.45, 7) is 2.38. The lowest BCUT2D eigenvalue weighted by Crippen LogP contribution is -2.54. The zero-order valence-electron chi connectivity index (χ0n) is 14.1. The number of likely N-dealkylation sites (N-methyl/N-ethyl adjacent to an activating group) is 1. The molecular weight excluding hydrogens is 286 g/mol. The maximum Gasteiger partial charge on any atom is 0.141 e. The lowest BCUT2D eigenvalue weighted by atomic mass is 9.80. The highest BCUT2D eigenvalue weighted by molar-refractivity contribution is 5.47. The molecule has 2 aliphatic rings. The summed E-state index contributed by atoms with van der Waals surface area (Å²) in [4.78, 5) is 0. The van der Waals surface area contributed by atoms with Gasteiger partial charge >= 0.3 is 0 Å². The van der Waals surface area contributed by atoms with E-state index in [4.69, 9.17) is 9.47 Å². The summed E-state index contributed by atoms with van der Waals surface area (Å²) in [5, 5.41) is 0. The van der Waals surface area contributed by atoms with Crippen LogP contribution >= 0.6 is 0 Å². The summed E-state index contributed by atoms with van der Waals surface area (Å²) in [5.74, 6) is 1.93. The van der Waals surface area contributed by atoms with Gasteiger partial charge in [0.15, 0.2) is 0 Å². The van der Waals surface area contributed by atoms with Crippen molar-refractivity contribution < 1.29 is 14.0 Å². The van der Waals surface area contributed by atoms with Gasteiger partial charge in [0.25, 0.3) is 0 Å². The maximum atomic E-state index is 5.42. The smallest absolute Gasteiger partial charge is 0.141 e. The van der Waals surface area contributed by atoms with Crippen LogP contribution in [-0.4, -0.2) is 38.8 Å². The second-order valence-electron chi connectivity index (χ2n) is 6.96. The fourth-order valence-electron chi connectivity index (χ4n) is 4.35. The Balaban J connectivity index is 1.87. The quantitative estimate of drug-likeness (QED) is 0.792. The van der Waals surface area contributed by atoms with Crippen molar-refractivity contribution in [2.24, 2.45) is 0 Å². The van der Waals surface area contributed by atoms with Gasteiger partial charge in [-0.15, -0.1) is 0 Å². The Morgan fingerprint density at radius 2 is 1.30 bits per heavy atom. The minimum atomic E-state index is 0.430. The number of hydrogen-bond acceptors (Lipinski definition) is 2. The summed E-state index contributed by atoms with van der Waals surface area (Å²) < 4.78 is 11.9. The van der Waals surface area contributed by atoms with E-state index >= 15 is 0 Å². The standard InChI is InChI=1S/C20H24NO2/c1-21-10-8-14-12-16(22-2)4-6-18(14)20(21)19-7-5-17(23-3)13-15(19)9-11-21/h4-7,12-13,20H,8-11H2,1-3H3/q+1. The van der Waals surface area contributed by atoms with Gasteiger partial charge in [-0.1, -0.05) is 0 Å². The molecule has 0 atom stereocenters. The van der Waals surface area contributed by atoms with Crippen molar-refractivity contribution in [3.63, 3.8) is 0 Å². The van der Waals surface area contributed by atoms with Gasteiger partial charge < -0.3 is 14.0 Å². The topological polar surface area (TPSA) is 18.5 Å². The van der Waals surface area contributed by atoms with Gasteiger partial charge in [-0.05, 0) is 47.5 Å². The second kappa shape index (κ2) is 5.27. The molecule has 3 nitrogen and oxygen atoms in total. The van der Waals surface area contributed by atoms with E-state index in [1.807, 2.05) is 0 Å². The number of fused-ring (bicyclic) bond motifs is 5. The third-order valence-electron chi connectivity index (χ3n) is 5.70. The fraction of sp³-hybridized carbons (Fsp3) is 0.400. The van der Waals surface area contributed by atoms with E-state index in [2.05, 4.69) is 43.4 Å². The van der Waals surface area contributed by atoms with Crippen LogP contribution in [0, 0.1) is 0 Å². The van der Waals surface area contributed by atoms with Crippen molar-refractivity contribution in [1.29, 1.82) is 0 Å². The molecule has 0 fully saturated rings. The van der Waals surface area contributed by atoms with Crippen LogP contribution in [-0.2, 0) is 12.8 Å². The molecule has 0 aromatic heterocycles. The molecule has 2 heterocycles. The molecule has 120 valence electrons. The lowest BCUT2D eigenvalue weighted by molar-refractivity contribution is -0.937. The minimum absolute atomic E-state index is 0.430. The van der Waals surface area contributed by atoms with E-state index < -0.39 is 0 Å². The molecule has 0 radical (unpaired) electrons. The van der Waals surface area contributed by atoms with Crippen LogP contribution < -0.4 is 9.47 Å². The molecule has 0 saturated heterocycles. The zero-order valence-corrected chi connectivity index (χ0v) is 14.1. The second-order valence-corrected chi connectivity index (χ2v) is 6.96. The van der Waals surface area contributed by atoms with Crippen LogP contribution in [0.3, 0.4) is 0 Å². The number of nitrogens with zero attached hydrogens (tertiary/aromatic N) is 1. The van der Waals surface area contributed by atoms with E-state index in [0.29, 0.717) is 6.04 Å². The number of quaternary nitrogens is 1. The highest BCUT2D eigenvalue weighted by Gasteiger charge is 2.43. The molecule has 0 amide bonds. The normalized spacial score (nSPS) is 25.1. The van der Waals surface area contributed by atoms with Crippen molar-refractivity contribution in [3.8, 4) is 11.5 Å². The first-order valence-electron chi connectivity index (χ1n) is 8.32. The number of benzene rings is 2. The van der Waals surface area contributed by atoms with Crippen molar-refractivity contribution >= 4 is 0 Å². The molecule has 0 saturated carbocycles. The molecule has 2 aliphatic heterocycles. The first-order valence-corrected chi connectivity index (χ1v) is 8.32. The Morgan fingerprint density at radius 3 is 1.74 bits per heavy atom. The Labute approximate surface area is 138 Å². The molecular formula is C20H24NO2+. The minimum Gasteiger partial charge on any atom is -0.497 e. The summed E-state index contributed by atoms with van der Waals surface area (Å²) in [7, 11) is 5.89. The highest BCUT2D eigenvalue weighted by Crippen LogP contribution is 2.45. The molecule has 3 heteroatoms. The molecule has 0 spiro atoms. The largest absolute Gasteiger partial charge is 0.497 e. The first kappa shape index (κ1) is 14.6. The van der Waals surface area contributed by atoms with Crippen LogP contribution in [0.5, 0.6) is 11.5 Å². The van der Waals surface area contributed by atoms with E-state index in [9.17, 15) is 0 Å². The van der Waals surface area contributed by atoms with Gasteiger partial charge in [0.05, 0.1) is 34.4 Å². The molecule has 0 N–H and O–H groups in total. The van der Waals surface area contributed by atoms with Crippen LogP contribution in [0.2, 0.25) is 0 Å². The summed E-state index contributed by atoms with van der Waals surface area (Å²) >= 11 is 0. The molecule has 0 bridgehead atoms. The van der Waals surface area contributed by atoms with Crippen LogP contribution in [0.1, 0.15) is 28.3 Å². The van der Waals surface area contributed by atoms with Crippen LogP contribution in [0.25, 0.3) is 0 Å². The first-order chi connectivity index (χ1) is 11.1. The van der Waals surface area contributed by atoms with Gasteiger partial charge in [-0.25, -0.2) is 0 Å². The van der Waals surface area contributed by atoms with Crippen molar-refractivity contribution in [2.75, 3.05) is 34.4 Å². The van der Waals surface area contributed by atoms with E-state index in [0.717, 1.165) is 28.8 Å². The summed E-state index contributed by atoms with van der Waals surface area (Å²) in [5.41, 5.74) is 5.80. The molecule has 2 aromatic rings. The third kappa shape index (κ3) is 2.22. The number of hydrogen-bond donors (Lipinski definition) is 0. The highest BCUT2D eigenvalue weighted by atomic mass is 16.5. The van der Waals surface area contributed by atoms with Gasteiger partial charge in [0.1, 0.15) is 17.5 Å². The maximum absolute atomic E-state index is 5.42. The number of methoxy groups -OCH3 is 2. The fourth-order valence-corrected chi connectivity index (χ4v) is 4.35. The molecule has 0 unspecified atom stereocenters. The zero-order chi connectivity index (χ0) is 16.0. The Kier molecular flexibility index (Phi) is 3.34. The van der Waals surface area contributed by atoms with E-state index in [-0.39, 0.29) is 0 Å². The van der Waals surface area contributed by atoms with Gasteiger partial charge in [-0.2, -0.15) is 0 Å². The molecule has 23 heavy (non-hydrogen) atoms. The average Bonchev–Trinajstić information content (AvgIpc) is 2.60. The molecule has 2 aromatic carbocycles. The average molecular weight is 310 g/mol. The monoisotopic (exact) mass is 310 g/mol. The third-order valence-corrected chi connectivity index (χ3v) is 5.70. The predicted octanol–water partition coefficient (Wildman–Crippen LogP) is 3.35. The summed E-state index contributed by atoms with van der Waals surface area (Å²) in [6, 6.07) is 13.6. The van der Waals surface area contributed by atoms with Crippen molar-refractivity contribution in [3.05, 3.63) is 58.7 Å². The van der Waals surface area contributed by atoms with Crippen LogP contribution in [0.4, 0.5) is 0 Å². The van der Waals surface area contributed by atoms with Gasteiger partial charge in [-0.3, -0.25) is 0 Å². The molecule has 4 rings (SSSR count). The van der Waals surface area contributed by atoms with Gasteiger partial charge in [0, 0.05) is 24.0 Å². The Morgan fingerprint density at radius 1 is 0.826 bits per heavy atom. The number of rotatable bonds is 2.